The van der Waals surface area contributed by atoms with Crippen molar-refractivity contribution in [3.63, 3.8) is 0 Å². The van der Waals surface area contributed by atoms with Gasteiger partial charge in [0.05, 0.1) is 4.47 Å². The van der Waals surface area contributed by atoms with E-state index in [1.54, 1.807) is 6.07 Å². The molecule has 1 aromatic rings. The van der Waals surface area contributed by atoms with Crippen molar-refractivity contribution in [2.24, 2.45) is 0 Å². The van der Waals surface area contributed by atoms with Crippen LogP contribution < -0.4 is 4.43 Å². The Kier molecular flexibility index (Phi) is 4.99. The Labute approximate surface area is 106 Å². The van der Waals surface area contributed by atoms with E-state index < -0.39 is 8.32 Å². The van der Waals surface area contributed by atoms with E-state index in [4.69, 9.17) is 4.43 Å². The van der Waals surface area contributed by atoms with Crippen molar-refractivity contribution in [1.82, 2.24) is 0 Å². The smallest absolute Gasteiger partial charge is 0.245 e. The minimum Gasteiger partial charge on any atom is -0.543 e. The van der Waals surface area contributed by atoms with E-state index in [1.165, 1.54) is 25.0 Å². The summed E-state index contributed by atoms with van der Waals surface area (Å²) in [5.74, 6) is 0.515. The first-order valence-corrected chi connectivity index (χ1v) is 9.49. The van der Waals surface area contributed by atoms with Crippen molar-refractivity contribution >= 4 is 24.2 Å². The van der Waals surface area contributed by atoms with Gasteiger partial charge in [0.2, 0.25) is 8.32 Å². The molecular formula is C12H18BrFOSi. The molecule has 0 N–H and O–H groups in total. The molecule has 1 rings (SSSR count). The van der Waals surface area contributed by atoms with Gasteiger partial charge in [0.1, 0.15) is 11.6 Å². The molecule has 0 saturated heterocycles. The van der Waals surface area contributed by atoms with E-state index in [0.29, 0.717) is 4.47 Å². The van der Waals surface area contributed by atoms with Crippen LogP contribution >= 0.6 is 15.9 Å². The van der Waals surface area contributed by atoms with Gasteiger partial charge < -0.3 is 4.43 Å². The molecule has 0 aliphatic heterocycles. The van der Waals surface area contributed by atoms with Crippen LogP contribution in [0.15, 0.2) is 22.7 Å². The van der Waals surface area contributed by atoms with Crippen molar-refractivity contribution in [3.8, 4) is 5.75 Å². The van der Waals surface area contributed by atoms with Gasteiger partial charge in [-0.15, -0.1) is 0 Å². The third-order valence-corrected chi connectivity index (χ3v) is 5.36. The zero-order chi connectivity index (χ0) is 12.2. The fourth-order valence-electron chi connectivity index (χ4n) is 1.51. The monoisotopic (exact) mass is 304 g/mol. The summed E-state index contributed by atoms with van der Waals surface area (Å²) >= 11 is 3.33. The van der Waals surface area contributed by atoms with Crippen LogP contribution in [0.5, 0.6) is 5.75 Å². The van der Waals surface area contributed by atoms with Gasteiger partial charge in [-0.3, -0.25) is 0 Å². The highest BCUT2D eigenvalue weighted by molar-refractivity contribution is 9.10. The number of halogens is 2. The van der Waals surface area contributed by atoms with E-state index in [9.17, 15) is 4.39 Å². The molecule has 16 heavy (non-hydrogen) atoms. The average molecular weight is 305 g/mol. The van der Waals surface area contributed by atoms with Gasteiger partial charge in [-0.25, -0.2) is 4.39 Å². The molecule has 0 bridgehead atoms. The van der Waals surface area contributed by atoms with E-state index >= 15 is 0 Å². The minimum atomic E-state index is -1.67. The van der Waals surface area contributed by atoms with Crippen LogP contribution in [0.1, 0.15) is 19.8 Å². The van der Waals surface area contributed by atoms with Crippen LogP contribution in [0.3, 0.4) is 0 Å². The van der Waals surface area contributed by atoms with Crippen LogP contribution in [0.2, 0.25) is 19.1 Å². The molecule has 0 radical (unpaired) electrons. The van der Waals surface area contributed by atoms with Gasteiger partial charge in [-0.1, -0.05) is 19.8 Å². The molecule has 0 aliphatic rings. The second kappa shape index (κ2) is 5.82. The highest BCUT2D eigenvalue weighted by atomic mass is 79.9. The summed E-state index contributed by atoms with van der Waals surface area (Å²) in [7, 11) is -1.67. The zero-order valence-electron chi connectivity index (χ0n) is 10.0. The number of hydrogen-bond donors (Lipinski definition) is 0. The van der Waals surface area contributed by atoms with Crippen LogP contribution in [0.25, 0.3) is 0 Å². The Morgan fingerprint density at radius 2 is 2.06 bits per heavy atom. The van der Waals surface area contributed by atoms with E-state index in [-0.39, 0.29) is 5.82 Å². The molecule has 0 saturated carbocycles. The fourth-order valence-corrected chi connectivity index (χ4v) is 4.17. The molecule has 0 aromatic heterocycles. The van der Waals surface area contributed by atoms with Crippen LogP contribution in [0.4, 0.5) is 4.39 Å². The molecular weight excluding hydrogens is 287 g/mol. The Morgan fingerprint density at radius 3 is 2.62 bits per heavy atom. The number of benzene rings is 1. The minimum absolute atomic E-state index is 0.243. The van der Waals surface area contributed by atoms with Crippen molar-refractivity contribution < 1.29 is 8.82 Å². The Hall–Kier alpha value is -0.353. The second-order valence-corrected chi connectivity index (χ2v) is 9.62. The molecule has 1 aromatic carbocycles. The van der Waals surface area contributed by atoms with Gasteiger partial charge in [-0.2, -0.15) is 0 Å². The fraction of sp³-hybridized carbons (Fsp3) is 0.500. The van der Waals surface area contributed by atoms with Crippen LogP contribution in [-0.4, -0.2) is 8.32 Å². The number of unbranched alkanes of at least 4 members (excludes halogenated alkanes) is 1. The van der Waals surface area contributed by atoms with Crippen LogP contribution in [-0.2, 0) is 0 Å². The first-order valence-electron chi connectivity index (χ1n) is 5.58. The molecule has 0 unspecified atom stereocenters. The first-order chi connectivity index (χ1) is 7.44. The standard InChI is InChI=1S/C12H18BrFOSi/c1-4-5-8-16(2,3)15-12-7-6-10(14)9-11(12)13/h6-7,9H,4-5,8H2,1-3H3. The summed E-state index contributed by atoms with van der Waals surface area (Å²) in [4.78, 5) is 0. The summed E-state index contributed by atoms with van der Waals surface area (Å²) < 4.78 is 19.6. The highest BCUT2D eigenvalue weighted by Gasteiger charge is 2.24. The maximum Gasteiger partial charge on any atom is 0.245 e. The summed E-state index contributed by atoms with van der Waals surface area (Å²) in [5, 5.41) is 0. The molecule has 1 nitrogen and oxygen atoms in total. The van der Waals surface area contributed by atoms with Crippen LogP contribution in [0, 0.1) is 5.82 Å². The third kappa shape index (κ3) is 4.26. The molecule has 0 atom stereocenters. The predicted octanol–water partition coefficient (Wildman–Crippen LogP) is 4.97. The van der Waals surface area contributed by atoms with Crippen molar-refractivity contribution in [2.45, 2.75) is 38.9 Å². The average Bonchev–Trinajstić information content (AvgIpc) is 2.19. The maximum absolute atomic E-state index is 12.9. The lowest BCUT2D eigenvalue weighted by atomic mass is 10.3. The zero-order valence-corrected chi connectivity index (χ0v) is 12.6. The van der Waals surface area contributed by atoms with Crippen molar-refractivity contribution in [1.29, 1.82) is 0 Å². The molecule has 0 spiro atoms. The SMILES string of the molecule is CCCC[Si](C)(C)Oc1ccc(F)cc1Br. The van der Waals surface area contributed by atoms with Crippen molar-refractivity contribution in [2.75, 3.05) is 0 Å². The van der Waals surface area contributed by atoms with Gasteiger partial charge >= 0.3 is 0 Å². The van der Waals surface area contributed by atoms with Gasteiger partial charge in [0.25, 0.3) is 0 Å². The summed E-state index contributed by atoms with van der Waals surface area (Å²) in [6.45, 7) is 6.56. The molecule has 0 heterocycles. The van der Waals surface area contributed by atoms with Gasteiger partial charge in [-0.05, 0) is 53.3 Å². The molecule has 0 fully saturated rings. The summed E-state index contributed by atoms with van der Waals surface area (Å²) in [6.07, 6.45) is 2.38. The highest BCUT2D eigenvalue weighted by Crippen LogP contribution is 2.29. The quantitative estimate of drug-likeness (QED) is 0.698. The summed E-state index contributed by atoms with van der Waals surface area (Å²) in [5.41, 5.74) is 0. The van der Waals surface area contributed by atoms with E-state index in [0.717, 1.165) is 11.8 Å². The maximum atomic E-state index is 12.9. The third-order valence-electron chi connectivity index (χ3n) is 2.41. The molecule has 0 aliphatic carbocycles. The van der Waals surface area contributed by atoms with Gasteiger partial charge in [0.15, 0.2) is 0 Å². The number of hydrogen-bond acceptors (Lipinski definition) is 1. The topological polar surface area (TPSA) is 9.23 Å². The second-order valence-electron chi connectivity index (χ2n) is 4.54. The molecule has 90 valence electrons. The molecule has 4 heteroatoms. The number of rotatable bonds is 5. The summed E-state index contributed by atoms with van der Waals surface area (Å²) in [6, 6.07) is 5.71. The lowest BCUT2D eigenvalue weighted by molar-refractivity contribution is 0.534. The molecule has 0 amide bonds. The van der Waals surface area contributed by atoms with Crippen molar-refractivity contribution in [3.05, 3.63) is 28.5 Å². The lowest BCUT2D eigenvalue weighted by Gasteiger charge is -2.24. The van der Waals surface area contributed by atoms with E-state index in [2.05, 4.69) is 35.9 Å². The largest absolute Gasteiger partial charge is 0.543 e. The Bertz CT molecular complexity index is 355. The predicted molar refractivity (Wildman–Crippen MR) is 71.9 cm³/mol. The lowest BCUT2D eigenvalue weighted by Crippen LogP contribution is -2.33. The Balaban J connectivity index is 2.71. The Morgan fingerprint density at radius 1 is 1.38 bits per heavy atom. The van der Waals surface area contributed by atoms with Gasteiger partial charge in [0, 0.05) is 0 Å². The first kappa shape index (κ1) is 13.7. The normalized spacial score (nSPS) is 11.6. The van der Waals surface area contributed by atoms with E-state index in [1.807, 2.05) is 0 Å².